The number of piperazine rings is 1. The zero-order valence-electron chi connectivity index (χ0n) is 17.2. The molecule has 0 aromatic heterocycles. The number of rotatable bonds is 4. The van der Waals surface area contributed by atoms with E-state index in [0.717, 1.165) is 44.8 Å². The number of nitrogens with one attached hydrogen (secondary N) is 1. The monoisotopic (exact) mass is 397 g/mol. The van der Waals surface area contributed by atoms with Gasteiger partial charge in [0.05, 0.1) is 11.4 Å². The van der Waals surface area contributed by atoms with Gasteiger partial charge in [0.25, 0.3) is 0 Å². The van der Waals surface area contributed by atoms with Crippen molar-refractivity contribution in [1.82, 2.24) is 4.90 Å². The fourth-order valence-corrected chi connectivity index (χ4v) is 4.49. The van der Waals surface area contributed by atoms with E-state index in [4.69, 9.17) is 0 Å². The number of hydrogen-bond donors (Lipinski definition) is 1. The molecule has 0 saturated carbocycles. The largest absolute Gasteiger partial charge is 0.367 e. The molecular formula is C26H27N3O. The Labute approximate surface area is 178 Å². The number of carbonyl (C=O) groups is 1. The second-order valence-electron chi connectivity index (χ2n) is 8.19. The highest BCUT2D eigenvalue weighted by Gasteiger charge is 2.23. The molecule has 4 heteroatoms. The first-order chi connectivity index (χ1) is 14.8. The first-order valence-corrected chi connectivity index (χ1v) is 10.8. The first-order valence-electron chi connectivity index (χ1n) is 10.8. The fourth-order valence-electron chi connectivity index (χ4n) is 4.49. The number of anilines is 2. The Morgan fingerprint density at radius 2 is 1.47 bits per heavy atom. The number of aryl methyl sites for hydroxylation is 1. The van der Waals surface area contributed by atoms with Gasteiger partial charge in [-0.2, -0.15) is 0 Å². The molecule has 0 radical (unpaired) electrons. The van der Waals surface area contributed by atoms with Crippen molar-refractivity contribution in [3.63, 3.8) is 0 Å². The summed E-state index contributed by atoms with van der Waals surface area (Å²) in [6.07, 6.45) is 1.43. The van der Waals surface area contributed by atoms with E-state index in [2.05, 4.69) is 87.9 Å². The third kappa shape index (κ3) is 3.96. The van der Waals surface area contributed by atoms with Crippen LogP contribution >= 0.6 is 0 Å². The molecule has 30 heavy (non-hydrogen) atoms. The third-order valence-corrected chi connectivity index (χ3v) is 6.19. The van der Waals surface area contributed by atoms with Crippen molar-refractivity contribution in [3.8, 4) is 11.1 Å². The summed E-state index contributed by atoms with van der Waals surface area (Å²) in [6.45, 7) is 4.99. The minimum Gasteiger partial charge on any atom is -0.367 e. The van der Waals surface area contributed by atoms with Crippen LogP contribution in [-0.4, -0.2) is 37.0 Å². The molecule has 152 valence electrons. The number of nitrogens with zero attached hydrogens (tertiary/aromatic N) is 2. The standard InChI is InChI=1S/C26H27N3O/c30-25-14-13-23-7-4-8-24(26(23)27-25)29-17-15-28(16-18-29)19-20-9-11-22(12-10-20)21-5-2-1-3-6-21/h1-12H,13-19H2,(H,27,30). The van der Waals surface area contributed by atoms with Crippen molar-refractivity contribution in [2.24, 2.45) is 0 Å². The van der Waals surface area contributed by atoms with Crippen LogP contribution in [0, 0.1) is 0 Å². The van der Waals surface area contributed by atoms with Gasteiger partial charge in [0.2, 0.25) is 5.91 Å². The predicted octanol–water partition coefficient (Wildman–Crippen LogP) is 4.56. The zero-order valence-corrected chi connectivity index (χ0v) is 17.2. The summed E-state index contributed by atoms with van der Waals surface area (Å²) in [6, 6.07) is 25.8. The molecule has 5 rings (SSSR count). The molecule has 2 aliphatic rings. The molecule has 0 spiro atoms. The van der Waals surface area contributed by atoms with Crippen LogP contribution < -0.4 is 10.2 Å². The van der Waals surface area contributed by atoms with E-state index in [1.807, 2.05) is 0 Å². The Kier molecular flexibility index (Phi) is 5.24. The molecule has 4 nitrogen and oxygen atoms in total. The van der Waals surface area contributed by atoms with Gasteiger partial charge >= 0.3 is 0 Å². The predicted molar refractivity (Wildman–Crippen MR) is 123 cm³/mol. The van der Waals surface area contributed by atoms with E-state index in [1.54, 1.807) is 0 Å². The Balaban J connectivity index is 1.21. The highest BCUT2D eigenvalue weighted by atomic mass is 16.1. The molecule has 3 aromatic carbocycles. The molecule has 3 aromatic rings. The van der Waals surface area contributed by atoms with E-state index in [0.29, 0.717) is 6.42 Å². The van der Waals surface area contributed by atoms with Crippen molar-refractivity contribution in [2.45, 2.75) is 19.4 Å². The Bertz CT molecular complexity index is 1020. The quantitative estimate of drug-likeness (QED) is 0.701. The van der Waals surface area contributed by atoms with Gasteiger partial charge in [0.1, 0.15) is 0 Å². The van der Waals surface area contributed by atoms with Crippen LogP contribution in [0.3, 0.4) is 0 Å². The molecule has 2 heterocycles. The lowest BCUT2D eigenvalue weighted by Gasteiger charge is -2.37. The van der Waals surface area contributed by atoms with Crippen LogP contribution in [0.4, 0.5) is 11.4 Å². The van der Waals surface area contributed by atoms with E-state index in [-0.39, 0.29) is 5.91 Å². The van der Waals surface area contributed by atoms with Crippen LogP contribution in [0.15, 0.2) is 72.8 Å². The van der Waals surface area contributed by atoms with Crippen molar-refractivity contribution in [2.75, 3.05) is 36.4 Å². The topological polar surface area (TPSA) is 35.6 Å². The lowest BCUT2D eigenvalue weighted by molar-refractivity contribution is -0.116. The van der Waals surface area contributed by atoms with Gasteiger partial charge in [-0.25, -0.2) is 0 Å². The minimum absolute atomic E-state index is 0.132. The number of hydrogen-bond acceptors (Lipinski definition) is 3. The van der Waals surface area contributed by atoms with Gasteiger partial charge in [-0.05, 0) is 34.7 Å². The molecule has 1 N–H and O–H groups in total. The van der Waals surface area contributed by atoms with Crippen molar-refractivity contribution in [1.29, 1.82) is 0 Å². The molecule has 1 saturated heterocycles. The SMILES string of the molecule is O=C1CCc2cccc(N3CCN(Cc4ccc(-c5ccccc5)cc4)CC3)c2N1. The highest BCUT2D eigenvalue weighted by molar-refractivity contribution is 5.98. The second-order valence-corrected chi connectivity index (χ2v) is 8.19. The van der Waals surface area contributed by atoms with Crippen molar-refractivity contribution < 1.29 is 4.79 Å². The van der Waals surface area contributed by atoms with Crippen LogP contribution in [0.25, 0.3) is 11.1 Å². The van der Waals surface area contributed by atoms with Gasteiger partial charge in [0, 0.05) is 39.1 Å². The summed E-state index contributed by atoms with van der Waals surface area (Å²) in [5, 5.41) is 3.10. The summed E-state index contributed by atoms with van der Waals surface area (Å²) >= 11 is 0. The van der Waals surface area contributed by atoms with Gasteiger partial charge in [0.15, 0.2) is 0 Å². The Morgan fingerprint density at radius 1 is 0.733 bits per heavy atom. The number of para-hydroxylation sites is 1. The first kappa shape index (κ1) is 18.9. The maximum Gasteiger partial charge on any atom is 0.224 e. The maximum atomic E-state index is 11.9. The lowest BCUT2D eigenvalue weighted by Crippen LogP contribution is -2.46. The maximum absolute atomic E-state index is 11.9. The van der Waals surface area contributed by atoms with Crippen LogP contribution in [0.2, 0.25) is 0 Å². The molecule has 2 aliphatic heterocycles. The average Bonchev–Trinajstić information content (AvgIpc) is 2.80. The molecular weight excluding hydrogens is 370 g/mol. The van der Waals surface area contributed by atoms with Gasteiger partial charge < -0.3 is 10.2 Å². The lowest BCUT2D eigenvalue weighted by atomic mass is 10.0. The van der Waals surface area contributed by atoms with E-state index >= 15 is 0 Å². The van der Waals surface area contributed by atoms with Gasteiger partial charge in [-0.3, -0.25) is 9.69 Å². The molecule has 0 atom stereocenters. The molecule has 0 aliphatic carbocycles. The smallest absolute Gasteiger partial charge is 0.224 e. The van der Waals surface area contributed by atoms with Crippen LogP contribution in [-0.2, 0) is 17.8 Å². The van der Waals surface area contributed by atoms with E-state index in [1.165, 1.54) is 27.9 Å². The van der Waals surface area contributed by atoms with E-state index in [9.17, 15) is 4.79 Å². The number of benzene rings is 3. The normalized spacial score (nSPS) is 16.8. The fraction of sp³-hybridized carbons (Fsp3) is 0.269. The van der Waals surface area contributed by atoms with Gasteiger partial charge in [-0.15, -0.1) is 0 Å². The van der Waals surface area contributed by atoms with Crippen molar-refractivity contribution >= 4 is 17.3 Å². The summed E-state index contributed by atoms with van der Waals surface area (Å²) in [4.78, 5) is 16.8. The molecule has 0 bridgehead atoms. The zero-order chi connectivity index (χ0) is 20.3. The van der Waals surface area contributed by atoms with Crippen molar-refractivity contribution in [3.05, 3.63) is 83.9 Å². The second kappa shape index (κ2) is 8.33. The summed E-state index contributed by atoms with van der Waals surface area (Å²) < 4.78 is 0. The Hall–Kier alpha value is -3.11. The summed E-state index contributed by atoms with van der Waals surface area (Å²) in [5.74, 6) is 0.132. The van der Waals surface area contributed by atoms with E-state index < -0.39 is 0 Å². The molecule has 1 fully saturated rings. The number of amides is 1. The third-order valence-electron chi connectivity index (χ3n) is 6.19. The average molecular weight is 398 g/mol. The summed E-state index contributed by atoms with van der Waals surface area (Å²) in [7, 11) is 0. The Morgan fingerprint density at radius 3 is 2.23 bits per heavy atom. The minimum atomic E-state index is 0.132. The molecule has 0 unspecified atom stereocenters. The summed E-state index contributed by atoms with van der Waals surface area (Å²) in [5.41, 5.74) is 7.34. The number of carbonyl (C=O) groups excluding carboxylic acids is 1. The van der Waals surface area contributed by atoms with Crippen LogP contribution in [0.1, 0.15) is 17.5 Å². The highest BCUT2D eigenvalue weighted by Crippen LogP contribution is 2.34. The molecule has 1 amide bonds. The number of fused-ring (bicyclic) bond motifs is 1. The van der Waals surface area contributed by atoms with Gasteiger partial charge in [-0.1, -0.05) is 66.7 Å². The van der Waals surface area contributed by atoms with Crippen LogP contribution in [0.5, 0.6) is 0 Å².